The van der Waals surface area contributed by atoms with Gasteiger partial charge in [-0.15, -0.1) is 0 Å². The molecular weight excluding hydrogens is 395 g/mol. The molecule has 0 N–H and O–H groups in total. The highest BCUT2D eigenvalue weighted by atomic mass is 79.9. The van der Waals surface area contributed by atoms with Crippen molar-refractivity contribution < 1.29 is 17.7 Å². The molecule has 0 aliphatic heterocycles. The van der Waals surface area contributed by atoms with E-state index in [0.717, 1.165) is 0 Å². The zero-order valence-electron chi connectivity index (χ0n) is 9.93. The predicted octanol–water partition coefficient (Wildman–Crippen LogP) is 3.30. The molecule has 1 aromatic carbocycles. The van der Waals surface area contributed by atoms with E-state index in [2.05, 4.69) is 26.1 Å². The Morgan fingerprint density at radius 3 is 2.70 bits per heavy atom. The number of nitrogens with zero attached hydrogens (tertiary/aromatic N) is 2. The number of hydrogen-bond acceptors (Lipinski definition) is 6. The van der Waals surface area contributed by atoms with Gasteiger partial charge in [0, 0.05) is 22.1 Å². The van der Waals surface area contributed by atoms with Gasteiger partial charge in [-0.25, -0.2) is 8.42 Å². The standard InChI is InChI=1S/C10H7BrCl2N2O4S/c1-5-14-9(15-19-5)4-18-10-7(12)2-6(11)3-8(10)20(13,16)17/h2-3H,4H2,1H3. The minimum absolute atomic E-state index is 0.0627. The summed E-state index contributed by atoms with van der Waals surface area (Å²) in [6, 6.07) is 2.79. The highest BCUT2D eigenvalue weighted by molar-refractivity contribution is 9.10. The van der Waals surface area contributed by atoms with Gasteiger partial charge in [-0.05, 0) is 12.1 Å². The Bertz CT molecular complexity index is 748. The smallest absolute Gasteiger partial charge is 0.265 e. The van der Waals surface area contributed by atoms with E-state index in [9.17, 15) is 8.42 Å². The highest BCUT2D eigenvalue weighted by Gasteiger charge is 2.21. The molecule has 0 amide bonds. The van der Waals surface area contributed by atoms with E-state index in [-0.39, 0.29) is 28.1 Å². The van der Waals surface area contributed by atoms with Gasteiger partial charge in [0.1, 0.15) is 4.90 Å². The summed E-state index contributed by atoms with van der Waals surface area (Å²) in [7, 11) is 1.35. The van der Waals surface area contributed by atoms with Crippen LogP contribution < -0.4 is 4.74 Å². The lowest BCUT2D eigenvalue weighted by atomic mass is 10.3. The first kappa shape index (κ1) is 15.6. The normalized spacial score (nSPS) is 11.6. The fraction of sp³-hybridized carbons (Fsp3) is 0.200. The fourth-order valence-electron chi connectivity index (χ4n) is 1.39. The largest absolute Gasteiger partial charge is 0.482 e. The van der Waals surface area contributed by atoms with Crippen LogP contribution in [-0.2, 0) is 15.7 Å². The molecule has 20 heavy (non-hydrogen) atoms. The second-order valence-corrected chi connectivity index (χ2v) is 7.53. The molecule has 1 aromatic heterocycles. The third-order valence-electron chi connectivity index (χ3n) is 2.15. The first-order valence-corrected chi connectivity index (χ1v) is 8.61. The molecule has 0 unspecified atom stereocenters. The van der Waals surface area contributed by atoms with Crippen LogP contribution >= 0.6 is 38.2 Å². The predicted molar refractivity (Wildman–Crippen MR) is 75.6 cm³/mol. The van der Waals surface area contributed by atoms with Crippen LogP contribution in [0, 0.1) is 6.92 Å². The monoisotopic (exact) mass is 400 g/mol. The van der Waals surface area contributed by atoms with E-state index < -0.39 is 9.05 Å². The molecule has 0 aliphatic carbocycles. The maximum absolute atomic E-state index is 11.5. The van der Waals surface area contributed by atoms with Crippen LogP contribution in [0.2, 0.25) is 5.02 Å². The maximum atomic E-state index is 11.5. The van der Waals surface area contributed by atoms with Crippen molar-refractivity contribution in [3.8, 4) is 5.75 Å². The van der Waals surface area contributed by atoms with E-state index in [1.54, 1.807) is 6.92 Å². The van der Waals surface area contributed by atoms with Crippen LogP contribution in [0.1, 0.15) is 11.7 Å². The Morgan fingerprint density at radius 1 is 1.45 bits per heavy atom. The van der Waals surface area contributed by atoms with Crippen LogP contribution in [0.25, 0.3) is 0 Å². The SMILES string of the molecule is Cc1nc(COc2c(Cl)cc(Br)cc2S(=O)(=O)Cl)no1. The fourth-order valence-corrected chi connectivity index (χ4v) is 3.47. The van der Waals surface area contributed by atoms with Gasteiger partial charge in [0.25, 0.3) is 9.05 Å². The summed E-state index contributed by atoms with van der Waals surface area (Å²) in [5.41, 5.74) is 0. The molecule has 0 radical (unpaired) electrons. The van der Waals surface area contributed by atoms with Crippen LogP contribution in [0.4, 0.5) is 0 Å². The van der Waals surface area contributed by atoms with Gasteiger partial charge in [0.15, 0.2) is 12.4 Å². The van der Waals surface area contributed by atoms with E-state index >= 15 is 0 Å². The summed E-state index contributed by atoms with van der Waals surface area (Å²) in [6.07, 6.45) is 0. The molecule has 108 valence electrons. The summed E-state index contributed by atoms with van der Waals surface area (Å²) < 4.78 is 33.6. The average Bonchev–Trinajstić information content (AvgIpc) is 2.72. The number of rotatable bonds is 4. The number of benzene rings is 1. The molecule has 0 bridgehead atoms. The lowest BCUT2D eigenvalue weighted by Crippen LogP contribution is -2.03. The molecule has 0 saturated carbocycles. The Balaban J connectivity index is 2.35. The first-order chi connectivity index (χ1) is 9.27. The lowest BCUT2D eigenvalue weighted by Gasteiger charge is -2.10. The van der Waals surface area contributed by atoms with Gasteiger partial charge in [0.05, 0.1) is 5.02 Å². The Kier molecular flexibility index (Phi) is 4.58. The lowest BCUT2D eigenvalue weighted by molar-refractivity contribution is 0.279. The first-order valence-electron chi connectivity index (χ1n) is 5.13. The van der Waals surface area contributed by atoms with Gasteiger partial charge in [-0.2, -0.15) is 4.98 Å². The Labute approximate surface area is 132 Å². The van der Waals surface area contributed by atoms with Crippen molar-refractivity contribution in [3.63, 3.8) is 0 Å². The molecule has 0 spiro atoms. The van der Waals surface area contributed by atoms with Crippen LogP contribution in [0.5, 0.6) is 5.75 Å². The van der Waals surface area contributed by atoms with Crippen molar-refractivity contribution in [2.75, 3.05) is 0 Å². The molecule has 2 rings (SSSR count). The van der Waals surface area contributed by atoms with Crippen molar-refractivity contribution >= 4 is 47.3 Å². The van der Waals surface area contributed by atoms with Crippen LogP contribution in [0.3, 0.4) is 0 Å². The molecule has 0 fully saturated rings. The summed E-state index contributed by atoms with van der Waals surface area (Å²) in [6.45, 7) is 1.52. The second-order valence-electron chi connectivity index (χ2n) is 3.67. The summed E-state index contributed by atoms with van der Waals surface area (Å²) in [5.74, 6) is 0.572. The van der Waals surface area contributed by atoms with E-state index in [4.69, 9.17) is 31.5 Å². The van der Waals surface area contributed by atoms with E-state index in [1.807, 2.05) is 0 Å². The maximum Gasteiger partial charge on any atom is 0.265 e. The molecule has 0 aliphatic rings. The van der Waals surface area contributed by atoms with Crippen molar-refractivity contribution in [2.24, 2.45) is 0 Å². The summed E-state index contributed by atoms with van der Waals surface area (Å²) in [5, 5.41) is 3.72. The van der Waals surface area contributed by atoms with Gasteiger partial charge < -0.3 is 9.26 Å². The zero-order valence-corrected chi connectivity index (χ0v) is 13.8. The summed E-state index contributed by atoms with van der Waals surface area (Å²) in [4.78, 5) is 3.69. The number of hydrogen-bond donors (Lipinski definition) is 0. The molecule has 0 atom stereocenters. The van der Waals surface area contributed by atoms with E-state index in [1.165, 1.54) is 12.1 Å². The van der Waals surface area contributed by atoms with Crippen LogP contribution in [-0.4, -0.2) is 18.6 Å². The Morgan fingerprint density at radius 2 is 2.15 bits per heavy atom. The molecule has 6 nitrogen and oxygen atoms in total. The van der Waals surface area contributed by atoms with Crippen molar-refractivity contribution in [1.29, 1.82) is 0 Å². The molecular formula is C10H7BrCl2N2O4S. The quantitative estimate of drug-likeness (QED) is 0.731. The molecule has 1 heterocycles. The van der Waals surface area contributed by atoms with Crippen molar-refractivity contribution in [3.05, 3.63) is 33.3 Å². The Hall–Kier alpha value is -0.830. The van der Waals surface area contributed by atoms with Gasteiger partial charge >= 0.3 is 0 Å². The zero-order chi connectivity index (χ0) is 14.9. The van der Waals surface area contributed by atoms with Crippen molar-refractivity contribution in [2.45, 2.75) is 18.4 Å². The minimum Gasteiger partial charge on any atom is -0.482 e. The van der Waals surface area contributed by atoms with Crippen LogP contribution in [0.15, 0.2) is 26.0 Å². The number of ether oxygens (including phenoxy) is 1. The molecule has 2 aromatic rings. The third-order valence-corrected chi connectivity index (χ3v) is 4.22. The topological polar surface area (TPSA) is 82.3 Å². The van der Waals surface area contributed by atoms with Crippen molar-refractivity contribution in [1.82, 2.24) is 10.1 Å². The minimum atomic E-state index is -4.01. The third kappa shape index (κ3) is 3.63. The number of aromatic nitrogens is 2. The number of halogens is 3. The second kappa shape index (κ2) is 5.88. The van der Waals surface area contributed by atoms with Gasteiger partial charge in [-0.1, -0.05) is 32.7 Å². The van der Waals surface area contributed by atoms with Gasteiger partial charge in [-0.3, -0.25) is 0 Å². The highest BCUT2D eigenvalue weighted by Crippen LogP contribution is 2.37. The summed E-state index contributed by atoms with van der Waals surface area (Å²) >= 11 is 9.11. The average molecular weight is 402 g/mol. The molecule has 10 heteroatoms. The number of aryl methyl sites for hydroxylation is 1. The van der Waals surface area contributed by atoms with Gasteiger partial charge in [0.2, 0.25) is 11.7 Å². The molecule has 0 saturated heterocycles. The van der Waals surface area contributed by atoms with E-state index in [0.29, 0.717) is 10.4 Å².